The van der Waals surface area contributed by atoms with Crippen molar-refractivity contribution in [3.05, 3.63) is 42.1 Å². The van der Waals surface area contributed by atoms with Crippen LogP contribution in [0.1, 0.15) is 10.4 Å². The smallest absolute Gasteiger partial charge is 0.478 e. The maximum absolute atomic E-state index is 12.9. The fourth-order valence-corrected chi connectivity index (χ4v) is 1.84. The maximum atomic E-state index is 12.9. The minimum Gasteiger partial charge on any atom is -0.478 e. The molecular formula is C13H8F2N2O4. The minimum absolute atomic E-state index is 0.0412. The monoisotopic (exact) mass is 294 g/mol. The van der Waals surface area contributed by atoms with E-state index in [1.54, 1.807) is 0 Å². The molecule has 2 N–H and O–H groups in total. The summed E-state index contributed by atoms with van der Waals surface area (Å²) in [5, 5.41) is 11.8. The van der Waals surface area contributed by atoms with Crippen molar-refractivity contribution in [2.75, 3.05) is 5.32 Å². The summed E-state index contributed by atoms with van der Waals surface area (Å²) in [7, 11) is 0. The van der Waals surface area contributed by atoms with Gasteiger partial charge in [0.1, 0.15) is 11.4 Å². The number of carboxylic acid groups (broad SMARTS) is 1. The second-order valence-electron chi connectivity index (χ2n) is 4.16. The lowest BCUT2D eigenvalue weighted by Gasteiger charge is -2.08. The molecule has 2 aromatic rings. The summed E-state index contributed by atoms with van der Waals surface area (Å²) in [6, 6.07) is 6.87. The highest BCUT2D eigenvalue weighted by atomic mass is 19.3. The fourth-order valence-electron chi connectivity index (χ4n) is 1.84. The maximum Gasteiger partial charge on any atom is 0.586 e. The molecule has 0 saturated heterocycles. The van der Waals surface area contributed by atoms with Gasteiger partial charge in [0, 0.05) is 18.0 Å². The molecule has 21 heavy (non-hydrogen) atoms. The van der Waals surface area contributed by atoms with Gasteiger partial charge in [-0.2, -0.15) is 0 Å². The van der Waals surface area contributed by atoms with E-state index in [4.69, 9.17) is 5.11 Å². The van der Waals surface area contributed by atoms with Crippen LogP contribution in [0.4, 0.5) is 20.3 Å². The number of halogens is 2. The SMILES string of the molecule is O=C(O)c1cccnc1Nc1ccc2c(c1)OC(F)(F)O2. The van der Waals surface area contributed by atoms with E-state index in [2.05, 4.69) is 19.8 Å². The summed E-state index contributed by atoms with van der Waals surface area (Å²) in [5.41, 5.74) is 0.303. The lowest BCUT2D eigenvalue weighted by molar-refractivity contribution is -0.286. The number of rotatable bonds is 3. The van der Waals surface area contributed by atoms with Crippen molar-refractivity contribution in [1.82, 2.24) is 4.98 Å². The summed E-state index contributed by atoms with van der Waals surface area (Å²) >= 11 is 0. The van der Waals surface area contributed by atoms with E-state index >= 15 is 0 Å². The normalized spacial score (nSPS) is 14.8. The number of hydrogen-bond acceptors (Lipinski definition) is 5. The molecule has 1 aliphatic rings. The standard InChI is InChI=1S/C13H8F2N2O4/c14-13(15)20-9-4-3-7(6-10(9)21-13)17-11-8(12(18)19)2-1-5-16-11/h1-6H,(H,16,17)(H,18,19). The lowest BCUT2D eigenvalue weighted by Crippen LogP contribution is -2.25. The number of carboxylic acids is 1. The van der Waals surface area contributed by atoms with Gasteiger partial charge in [0.2, 0.25) is 0 Å². The van der Waals surface area contributed by atoms with Crippen LogP contribution in [0.5, 0.6) is 11.5 Å². The summed E-state index contributed by atoms with van der Waals surface area (Å²) in [6.45, 7) is 0. The molecule has 0 unspecified atom stereocenters. The van der Waals surface area contributed by atoms with Gasteiger partial charge in [0.15, 0.2) is 11.5 Å². The van der Waals surface area contributed by atoms with Crippen molar-refractivity contribution in [2.24, 2.45) is 0 Å². The van der Waals surface area contributed by atoms with Gasteiger partial charge >= 0.3 is 12.3 Å². The van der Waals surface area contributed by atoms with Crippen LogP contribution in [0.15, 0.2) is 36.5 Å². The van der Waals surface area contributed by atoms with Gasteiger partial charge in [-0.15, -0.1) is 8.78 Å². The molecule has 0 atom stereocenters. The molecule has 0 amide bonds. The highest BCUT2D eigenvalue weighted by Crippen LogP contribution is 2.42. The molecule has 3 rings (SSSR count). The molecule has 1 aliphatic heterocycles. The topological polar surface area (TPSA) is 80.7 Å². The molecule has 0 fully saturated rings. The molecule has 2 heterocycles. The zero-order chi connectivity index (χ0) is 15.0. The molecular weight excluding hydrogens is 286 g/mol. The zero-order valence-electron chi connectivity index (χ0n) is 10.3. The van der Waals surface area contributed by atoms with Gasteiger partial charge in [0.05, 0.1) is 0 Å². The van der Waals surface area contributed by atoms with Crippen molar-refractivity contribution in [1.29, 1.82) is 0 Å². The Hall–Kier alpha value is -2.90. The van der Waals surface area contributed by atoms with E-state index in [1.807, 2.05) is 0 Å². The number of aromatic nitrogens is 1. The fraction of sp³-hybridized carbons (Fsp3) is 0.0769. The van der Waals surface area contributed by atoms with Gasteiger partial charge in [-0.25, -0.2) is 9.78 Å². The van der Waals surface area contributed by atoms with Crippen molar-refractivity contribution < 1.29 is 28.2 Å². The first-order valence-corrected chi connectivity index (χ1v) is 5.80. The number of ether oxygens (including phenoxy) is 2. The van der Waals surface area contributed by atoms with E-state index in [-0.39, 0.29) is 22.9 Å². The highest BCUT2D eigenvalue weighted by molar-refractivity contribution is 5.93. The van der Waals surface area contributed by atoms with Crippen LogP contribution in [0, 0.1) is 0 Å². The average Bonchev–Trinajstić information content (AvgIpc) is 2.72. The minimum atomic E-state index is -3.70. The average molecular weight is 294 g/mol. The first-order chi connectivity index (χ1) is 9.94. The number of nitrogens with zero attached hydrogens (tertiary/aromatic N) is 1. The van der Waals surface area contributed by atoms with E-state index in [1.165, 1.54) is 36.5 Å². The Balaban J connectivity index is 1.89. The summed E-state index contributed by atoms with van der Waals surface area (Å²) in [5.74, 6) is -1.30. The van der Waals surface area contributed by atoms with Crippen LogP contribution in [0.2, 0.25) is 0 Å². The molecule has 8 heteroatoms. The van der Waals surface area contributed by atoms with Gasteiger partial charge in [0.25, 0.3) is 0 Å². The third kappa shape index (κ3) is 2.55. The number of benzene rings is 1. The van der Waals surface area contributed by atoms with Crippen LogP contribution in [0.25, 0.3) is 0 Å². The summed E-state index contributed by atoms with van der Waals surface area (Å²) in [6.07, 6.45) is -2.28. The number of alkyl halides is 2. The van der Waals surface area contributed by atoms with Gasteiger partial charge in [-0.1, -0.05) is 0 Å². The Morgan fingerprint density at radius 1 is 1.24 bits per heavy atom. The van der Waals surface area contributed by atoms with Crippen molar-refractivity contribution >= 4 is 17.5 Å². The van der Waals surface area contributed by atoms with Crippen LogP contribution in [-0.4, -0.2) is 22.4 Å². The molecule has 0 radical (unpaired) electrons. The molecule has 1 aromatic carbocycles. The summed E-state index contributed by atoms with van der Waals surface area (Å²) in [4.78, 5) is 15.0. The number of carbonyl (C=O) groups is 1. The van der Waals surface area contributed by atoms with E-state index < -0.39 is 12.3 Å². The Kier molecular flexibility index (Phi) is 2.86. The van der Waals surface area contributed by atoms with Gasteiger partial charge in [-0.05, 0) is 24.3 Å². The second-order valence-corrected chi connectivity index (χ2v) is 4.16. The number of aromatic carboxylic acids is 1. The molecule has 0 saturated carbocycles. The third-order valence-electron chi connectivity index (χ3n) is 2.70. The van der Waals surface area contributed by atoms with Crippen molar-refractivity contribution in [2.45, 2.75) is 6.29 Å². The highest BCUT2D eigenvalue weighted by Gasteiger charge is 2.43. The quantitative estimate of drug-likeness (QED) is 0.906. The van der Waals surface area contributed by atoms with Crippen LogP contribution < -0.4 is 14.8 Å². The third-order valence-corrected chi connectivity index (χ3v) is 2.70. The largest absolute Gasteiger partial charge is 0.586 e. The number of nitrogens with one attached hydrogen (secondary N) is 1. The Morgan fingerprint density at radius 3 is 2.76 bits per heavy atom. The lowest BCUT2D eigenvalue weighted by atomic mass is 10.2. The summed E-state index contributed by atoms with van der Waals surface area (Å²) < 4.78 is 34.4. The Bertz CT molecular complexity index is 721. The van der Waals surface area contributed by atoms with Gasteiger partial charge < -0.3 is 19.9 Å². The molecule has 0 spiro atoms. The molecule has 0 bridgehead atoms. The van der Waals surface area contributed by atoms with Crippen molar-refractivity contribution in [3.63, 3.8) is 0 Å². The molecule has 0 aliphatic carbocycles. The Labute approximate surface area is 116 Å². The van der Waals surface area contributed by atoms with E-state index in [0.29, 0.717) is 5.69 Å². The van der Waals surface area contributed by atoms with Crippen LogP contribution in [0.3, 0.4) is 0 Å². The van der Waals surface area contributed by atoms with Crippen LogP contribution >= 0.6 is 0 Å². The van der Waals surface area contributed by atoms with Crippen LogP contribution in [-0.2, 0) is 0 Å². The predicted molar refractivity (Wildman–Crippen MR) is 67.1 cm³/mol. The molecule has 108 valence electrons. The molecule has 6 nitrogen and oxygen atoms in total. The first kappa shape index (κ1) is 13.1. The van der Waals surface area contributed by atoms with E-state index in [0.717, 1.165) is 0 Å². The van der Waals surface area contributed by atoms with E-state index in [9.17, 15) is 13.6 Å². The Morgan fingerprint density at radius 2 is 2.00 bits per heavy atom. The van der Waals surface area contributed by atoms with Crippen molar-refractivity contribution in [3.8, 4) is 11.5 Å². The number of pyridine rings is 1. The number of hydrogen-bond donors (Lipinski definition) is 2. The predicted octanol–water partition coefficient (Wildman–Crippen LogP) is 2.84. The second kappa shape index (κ2) is 4.58. The zero-order valence-corrected chi connectivity index (χ0v) is 10.3. The number of anilines is 2. The molecule has 1 aromatic heterocycles. The number of fused-ring (bicyclic) bond motifs is 1. The first-order valence-electron chi connectivity index (χ1n) is 5.80. The van der Waals surface area contributed by atoms with Gasteiger partial charge in [-0.3, -0.25) is 0 Å².